The normalized spacial score (nSPS) is 20.5. The molecule has 172 valence electrons. The fourth-order valence-electron chi connectivity index (χ4n) is 6.39. The summed E-state index contributed by atoms with van der Waals surface area (Å²) in [6.45, 7) is 0.371. The highest BCUT2D eigenvalue weighted by atomic mass is 16.6. The first kappa shape index (κ1) is 20.5. The first-order chi connectivity index (χ1) is 17.3. The number of nitrogens with zero attached hydrogens (tertiary/aromatic N) is 2. The van der Waals surface area contributed by atoms with Gasteiger partial charge in [0.25, 0.3) is 0 Å². The van der Waals surface area contributed by atoms with Crippen LogP contribution in [-0.2, 0) is 4.74 Å². The van der Waals surface area contributed by atoms with Gasteiger partial charge in [-0.1, -0.05) is 72.8 Å². The van der Waals surface area contributed by atoms with Crippen LogP contribution in [0, 0.1) is 0 Å². The molecular weight excluding hydrogens is 432 g/mol. The summed E-state index contributed by atoms with van der Waals surface area (Å²) in [5, 5.41) is 2.37. The average Bonchev–Trinajstić information content (AvgIpc) is 3.37. The van der Waals surface area contributed by atoms with E-state index in [4.69, 9.17) is 4.74 Å². The molecule has 0 saturated carbocycles. The molecule has 0 radical (unpaired) electrons. The largest absolute Gasteiger partial charge is 0.448 e. The van der Waals surface area contributed by atoms with Crippen molar-refractivity contribution in [2.75, 3.05) is 6.61 Å². The third-order valence-corrected chi connectivity index (χ3v) is 7.97. The molecule has 7 rings (SSSR count). The van der Waals surface area contributed by atoms with Crippen molar-refractivity contribution in [1.29, 1.82) is 0 Å². The van der Waals surface area contributed by atoms with E-state index in [9.17, 15) is 4.79 Å². The number of rotatable bonds is 3. The van der Waals surface area contributed by atoms with Crippen LogP contribution < -0.4 is 0 Å². The summed E-state index contributed by atoms with van der Waals surface area (Å²) in [5.74, 6) is 0.0872. The van der Waals surface area contributed by atoms with E-state index in [0.717, 1.165) is 24.6 Å². The number of pyridine rings is 1. The van der Waals surface area contributed by atoms with Gasteiger partial charge < -0.3 is 4.74 Å². The molecule has 4 nitrogen and oxygen atoms in total. The van der Waals surface area contributed by atoms with Gasteiger partial charge in [0.15, 0.2) is 0 Å². The minimum atomic E-state index is -0.184. The molecule has 1 fully saturated rings. The smallest absolute Gasteiger partial charge is 0.410 e. The number of fused-ring (bicyclic) bond motifs is 6. The van der Waals surface area contributed by atoms with Gasteiger partial charge in [-0.05, 0) is 64.1 Å². The molecule has 2 bridgehead atoms. The van der Waals surface area contributed by atoms with Gasteiger partial charge >= 0.3 is 6.09 Å². The van der Waals surface area contributed by atoms with Gasteiger partial charge in [-0.25, -0.2) is 4.79 Å². The predicted octanol–water partition coefficient (Wildman–Crippen LogP) is 6.80. The molecule has 3 aliphatic rings. The molecule has 3 heterocycles. The lowest BCUT2D eigenvalue weighted by atomic mass is 9.92. The number of carbonyl (C=O) groups is 1. The molecule has 1 aromatic heterocycles. The highest BCUT2D eigenvalue weighted by molar-refractivity contribution is 5.94. The van der Waals surface area contributed by atoms with Crippen molar-refractivity contribution in [1.82, 2.24) is 9.88 Å². The first-order valence-electron chi connectivity index (χ1n) is 12.4. The molecular formula is C31H26N2O2. The molecule has 4 heteroatoms. The van der Waals surface area contributed by atoms with Crippen LogP contribution >= 0.6 is 0 Å². The number of amides is 1. The van der Waals surface area contributed by atoms with Crippen LogP contribution in [0.15, 0.2) is 91.3 Å². The Bertz CT molecular complexity index is 1440. The average molecular weight is 459 g/mol. The van der Waals surface area contributed by atoms with Gasteiger partial charge in [-0.3, -0.25) is 9.88 Å². The lowest BCUT2D eigenvalue weighted by Crippen LogP contribution is -2.43. The Labute approximate surface area is 204 Å². The maximum atomic E-state index is 13.4. The summed E-state index contributed by atoms with van der Waals surface area (Å²) >= 11 is 0. The van der Waals surface area contributed by atoms with Gasteiger partial charge in [0, 0.05) is 29.7 Å². The zero-order valence-electron chi connectivity index (χ0n) is 19.4. The van der Waals surface area contributed by atoms with Crippen molar-refractivity contribution in [2.24, 2.45) is 0 Å². The van der Waals surface area contributed by atoms with E-state index in [1.54, 1.807) is 0 Å². The zero-order valence-corrected chi connectivity index (χ0v) is 19.4. The standard InChI is InChI=1S/C31H26N2O2/c34-31(35-19-30-28-9-3-1-7-26(28)27-8-2-4-10-29(27)30)33-22-12-13-23(33)17-21(16-22)24-11-5-6-20-18-32-15-14-25(20)24/h1-11,14-16,18,22-23,30H,12-13,17,19H2. The molecule has 3 aromatic carbocycles. The van der Waals surface area contributed by atoms with E-state index in [1.807, 2.05) is 17.3 Å². The number of ether oxygens (including phenoxy) is 1. The third-order valence-electron chi connectivity index (χ3n) is 7.97. The van der Waals surface area contributed by atoms with Crippen LogP contribution in [0.3, 0.4) is 0 Å². The number of benzene rings is 3. The van der Waals surface area contributed by atoms with Crippen LogP contribution in [0.5, 0.6) is 0 Å². The fraction of sp³-hybridized carbons (Fsp3) is 0.226. The molecule has 2 atom stereocenters. The summed E-state index contributed by atoms with van der Waals surface area (Å²) in [4.78, 5) is 19.6. The zero-order chi connectivity index (χ0) is 23.4. The molecule has 1 amide bonds. The van der Waals surface area contributed by atoms with Gasteiger partial charge in [0.1, 0.15) is 6.61 Å². The van der Waals surface area contributed by atoms with Gasteiger partial charge in [-0.2, -0.15) is 0 Å². The Kier molecular flexibility index (Phi) is 4.73. The number of carbonyl (C=O) groups excluding carboxylic acids is 1. The van der Waals surface area contributed by atoms with Gasteiger partial charge in [0.2, 0.25) is 0 Å². The molecule has 2 unspecified atom stereocenters. The molecule has 1 aliphatic carbocycles. The number of hydrogen-bond acceptors (Lipinski definition) is 3. The van der Waals surface area contributed by atoms with E-state index >= 15 is 0 Å². The van der Waals surface area contributed by atoms with Gasteiger partial charge in [0.05, 0.1) is 6.04 Å². The lowest BCUT2D eigenvalue weighted by molar-refractivity contribution is 0.0867. The summed E-state index contributed by atoms with van der Waals surface area (Å²) in [7, 11) is 0. The maximum Gasteiger partial charge on any atom is 0.410 e. The molecule has 0 N–H and O–H groups in total. The fourth-order valence-corrected chi connectivity index (χ4v) is 6.39. The first-order valence-corrected chi connectivity index (χ1v) is 12.4. The minimum absolute atomic E-state index is 0.0872. The van der Waals surface area contributed by atoms with E-state index in [0.29, 0.717) is 6.61 Å². The van der Waals surface area contributed by atoms with E-state index in [2.05, 4.69) is 83.9 Å². The number of aromatic nitrogens is 1. The SMILES string of the molecule is O=C(OCC1c2ccccc2-c2ccccc21)N1C2C=C(c3cccc4cnccc34)CC1CC2. The summed E-state index contributed by atoms with van der Waals surface area (Å²) < 4.78 is 6.02. The second-order valence-corrected chi connectivity index (χ2v) is 9.81. The lowest BCUT2D eigenvalue weighted by Gasteiger charge is -2.34. The van der Waals surface area contributed by atoms with Crippen molar-refractivity contribution in [3.05, 3.63) is 108 Å². The topological polar surface area (TPSA) is 42.4 Å². The van der Waals surface area contributed by atoms with E-state index < -0.39 is 0 Å². The maximum absolute atomic E-state index is 13.4. The van der Waals surface area contributed by atoms with Crippen molar-refractivity contribution in [3.63, 3.8) is 0 Å². The number of hydrogen-bond donors (Lipinski definition) is 0. The Balaban J connectivity index is 1.13. The monoisotopic (exact) mass is 458 g/mol. The minimum Gasteiger partial charge on any atom is -0.448 e. The van der Waals surface area contributed by atoms with Crippen molar-refractivity contribution in [2.45, 2.75) is 37.3 Å². The van der Waals surface area contributed by atoms with E-state index in [-0.39, 0.29) is 24.1 Å². The van der Waals surface area contributed by atoms with Crippen LogP contribution in [0.4, 0.5) is 4.79 Å². The quantitative estimate of drug-likeness (QED) is 0.339. The summed E-state index contributed by atoms with van der Waals surface area (Å²) in [6.07, 6.45) is 8.75. The molecule has 0 spiro atoms. The van der Waals surface area contributed by atoms with Crippen molar-refractivity contribution in [3.8, 4) is 11.1 Å². The Morgan fingerprint density at radius 3 is 2.40 bits per heavy atom. The van der Waals surface area contributed by atoms with Gasteiger partial charge in [-0.15, -0.1) is 0 Å². The summed E-state index contributed by atoms with van der Waals surface area (Å²) in [5.41, 5.74) is 7.58. The van der Waals surface area contributed by atoms with Crippen LogP contribution in [-0.4, -0.2) is 34.7 Å². The van der Waals surface area contributed by atoms with E-state index in [1.165, 1.54) is 38.8 Å². The highest BCUT2D eigenvalue weighted by Gasteiger charge is 2.41. The molecule has 2 aliphatic heterocycles. The third kappa shape index (κ3) is 3.28. The summed E-state index contributed by atoms with van der Waals surface area (Å²) in [6, 6.07) is 25.7. The highest BCUT2D eigenvalue weighted by Crippen LogP contribution is 2.45. The Morgan fingerprint density at radius 2 is 1.63 bits per heavy atom. The molecule has 1 saturated heterocycles. The van der Waals surface area contributed by atoms with Crippen LogP contribution in [0.25, 0.3) is 27.5 Å². The second-order valence-electron chi connectivity index (χ2n) is 9.81. The van der Waals surface area contributed by atoms with Crippen LogP contribution in [0.1, 0.15) is 41.9 Å². The Hall–Kier alpha value is -3.92. The molecule has 4 aromatic rings. The van der Waals surface area contributed by atoms with Crippen molar-refractivity contribution >= 4 is 22.4 Å². The Morgan fingerprint density at radius 1 is 0.886 bits per heavy atom. The second kappa shape index (κ2) is 8.09. The molecule has 35 heavy (non-hydrogen) atoms. The van der Waals surface area contributed by atoms with Crippen molar-refractivity contribution < 1.29 is 9.53 Å². The van der Waals surface area contributed by atoms with Crippen LogP contribution in [0.2, 0.25) is 0 Å². The predicted molar refractivity (Wildman–Crippen MR) is 138 cm³/mol.